The van der Waals surface area contributed by atoms with Crippen LogP contribution >= 0.6 is 0 Å². The number of nitrogens with one attached hydrogen (secondary N) is 1. The Balaban J connectivity index is 1.65. The molecule has 3 aromatic rings. The van der Waals surface area contributed by atoms with E-state index in [1.807, 2.05) is 69.3 Å². The highest BCUT2D eigenvalue weighted by Gasteiger charge is 2.38. The number of nitrogens with zero attached hydrogens (tertiary/aromatic N) is 4. The molecule has 176 valence electrons. The molecule has 0 saturated heterocycles. The molecule has 0 spiro atoms. The number of hydrogen-bond acceptors (Lipinski definition) is 6. The van der Waals surface area contributed by atoms with Gasteiger partial charge in [0, 0.05) is 12.2 Å². The van der Waals surface area contributed by atoms with Gasteiger partial charge in [-0.3, -0.25) is 4.79 Å². The Morgan fingerprint density at radius 1 is 1.00 bits per heavy atom. The van der Waals surface area contributed by atoms with Crippen molar-refractivity contribution in [3.63, 3.8) is 0 Å². The van der Waals surface area contributed by atoms with Crippen LogP contribution in [-0.4, -0.2) is 39.8 Å². The van der Waals surface area contributed by atoms with Gasteiger partial charge in [0.1, 0.15) is 18.9 Å². The first-order valence-corrected chi connectivity index (χ1v) is 11.3. The number of fused-ring (bicyclic) bond motifs is 1. The Morgan fingerprint density at radius 3 is 2.29 bits per heavy atom. The fourth-order valence-corrected chi connectivity index (χ4v) is 4.06. The second-order valence-corrected chi connectivity index (χ2v) is 8.39. The van der Waals surface area contributed by atoms with Crippen LogP contribution in [0, 0.1) is 13.8 Å². The van der Waals surface area contributed by atoms with Crippen LogP contribution < -0.4 is 10.2 Å². The molecule has 4 rings (SSSR count). The summed E-state index contributed by atoms with van der Waals surface area (Å²) in [5, 5.41) is 7.36. The van der Waals surface area contributed by atoms with E-state index in [9.17, 15) is 9.59 Å². The molecule has 8 heteroatoms. The summed E-state index contributed by atoms with van der Waals surface area (Å²) >= 11 is 0. The number of carbonyl (C=O) groups excluding carboxylic acids is 2. The van der Waals surface area contributed by atoms with E-state index in [0.29, 0.717) is 23.8 Å². The maximum Gasteiger partial charge on any atom is 0.338 e. The third kappa shape index (κ3) is 4.71. The van der Waals surface area contributed by atoms with E-state index in [1.54, 1.807) is 16.5 Å². The number of aryl methyl sites for hydroxylation is 2. The molecule has 1 atom stereocenters. The van der Waals surface area contributed by atoms with Crippen LogP contribution in [-0.2, 0) is 20.9 Å². The zero-order chi connectivity index (χ0) is 24.2. The van der Waals surface area contributed by atoms with Crippen LogP contribution in [0.1, 0.15) is 42.1 Å². The molecule has 0 radical (unpaired) electrons. The Hall–Kier alpha value is -3.94. The number of amides is 1. The quantitative estimate of drug-likeness (QED) is 0.545. The maximum absolute atomic E-state index is 13.1. The average Bonchev–Trinajstić information content (AvgIpc) is 3.30. The summed E-state index contributed by atoms with van der Waals surface area (Å²) in [5.41, 5.74) is 5.25. The van der Waals surface area contributed by atoms with E-state index < -0.39 is 12.0 Å². The Morgan fingerprint density at radius 2 is 1.65 bits per heavy atom. The predicted molar refractivity (Wildman–Crippen MR) is 129 cm³/mol. The molecule has 8 nitrogen and oxygen atoms in total. The Bertz CT molecular complexity index is 1210. The first kappa shape index (κ1) is 23.2. The van der Waals surface area contributed by atoms with Crippen LogP contribution in [0.15, 0.2) is 66.1 Å². The third-order valence-electron chi connectivity index (χ3n) is 5.91. The van der Waals surface area contributed by atoms with Crippen molar-refractivity contribution in [2.75, 3.05) is 18.1 Å². The summed E-state index contributed by atoms with van der Waals surface area (Å²) in [7, 11) is 0. The van der Waals surface area contributed by atoms with Crippen LogP contribution in [0.3, 0.4) is 0 Å². The van der Waals surface area contributed by atoms with Crippen molar-refractivity contribution in [1.29, 1.82) is 0 Å². The first-order chi connectivity index (χ1) is 16.4. The Kier molecular flexibility index (Phi) is 6.77. The molecule has 0 unspecified atom stereocenters. The van der Waals surface area contributed by atoms with Crippen molar-refractivity contribution in [2.45, 2.75) is 40.3 Å². The number of ether oxygens (including phenoxy) is 1. The highest BCUT2D eigenvalue weighted by Crippen LogP contribution is 2.38. The van der Waals surface area contributed by atoms with Crippen molar-refractivity contribution >= 4 is 17.8 Å². The maximum atomic E-state index is 13.1. The van der Waals surface area contributed by atoms with Gasteiger partial charge in [0.25, 0.3) is 0 Å². The summed E-state index contributed by atoms with van der Waals surface area (Å²) in [6.45, 7) is 8.29. The predicted octanol–water partition coefficient (Wildman–Crippen LogP) is 3.46. The number of benzene rings is 2. The second kappa shape index (κ2) is 9.91. The molecule has 1 aliphatic rings. The third-order valence-corrected chi connectivity index (χ3v) is 5.91. The van der Waals surface area contributed by atoms with Gasteiger partial charge < -0.3 is 15.0 Å². The minimum Gasteiger partial charge on any atom is -0.463 e. The lowest BCUT2D eigenvalue weighted by molar-refractivity contribution is -0.139. The van der Waals surface area contributed by atoms with Crippen LogP contribution in [0.2, 0.25) is 0 Å². The molecule has 1 aliphatic heterocycles. The number of carbonyl (C=O) groups is 2. The van der Waals surface area contributed by atoms with Crippen LogP contribution in [0.4, 0.5) is 5.95 Å². The van der Waals surface area contributed by atoms with Gasteiger partial charge in [-0.15, -0.1) is 0 Å². The fraction of sp³-hybridized carbons (Fsp3) is 0.308. The number of rotatable bonds is 7. The fourth-order valence-electron chi connectivity index (χ4n) is 4.06. The smallest absolute Gasteiger partial charge is 0.338 e. The highest BCUT2D eigenvalue weighted by atomic mass is 16.5. The molecule has 1 aromatic heterocycles. The van der Waals surface area contributed by atoms with Gasteiger partial charge in [0.2, 0.25) is 11.9 Å². The molecule has 0 saturated carbocycles. The van der Waals surface area contributed by atoms with E-state index in [0.717, 1.165) is 22.3 Å². The van der Waals surface area contributed by atoms with Gasteiger partial charge >= 0.3 is 5.97 Å². The molecule has 34 heavy (non-hydrogen) atoms. The molecular formula is C26H29N5O3. The summed E-state index contributed by atoms with van der Waals surface area (Å²) in [4.78, 5) is 32.1. The highest BCUT2D eigenvalue weighted by molar-refractivity contribution is 5.93. The second-order valence-electron chi connectivity index (χ2n) is 8.39. The van der Waals surface area contributed by atoms with Crippen molar-refractivity contribution in [3.05, 3.63) is 88.4 Å². The largest absolute Gasteiger partial charge is 0.463 e. The van der Waals surface area contributed by atoms with Gasteiger partial charge in [0.15, 0.2) is 0 Å². The lowest BCUT2D eigenvalue weighted by atomic mass is 9.94. The topological polar surface area (TPSA) is 89.3 Å². The molecule has 0 aliphatic carbocycles. The van der Waals surface area contributed by atoms with E-state index in [-0.39, 0.29) is 19.1 Å². The number of hydrogen-bond donors (Lipinski definition) is 1. The van der Waals surface area contributed by atoms with E-state index >= 15 is 0 Å². The van der Waals surface area contributed by atoms with Gasteiger partial charge in [-0.1, -0.05) is 59.7 Å². The lowest BCUT2D eigenvalue weighted by Crippen LogP contribution is -2.42. The number of esters is 1. The first-order valence-electron chi connectivity index (χ1n) is 11.3. The minimum atomic E-state index is -0.496. The van der Waals surface area contributed by atoms with Gasteiger partial charge in [-0.25, -0.2) is 9.48 Å². The zero-order valence-electron chi connectivity index (χ0n) is 19.9. The number of allylic oxidation sites excluding steroid dienone is 1. The van der Waals surface area contributed by atoms with Crippen LogP contribution in [0.25, 0.3) is 0 Å². The number of anilines is 1. The Labute approximate surface area is 199 Å². The molecule has 0 bridgehead atoms. The minimum absolute atomic E-state index is 0.0000884. The lowest BCUT2D eigenvalue weighted by Gasteiger charge is -2.35. The number of aromatic nitrogens is 3. The molecule has 2 aromatic carbocycles. The molecule has 1 N–H and O–H groups in total. The van der Waals surface area contributed by atoms with Gasteiger partial charge in [0.05, 0.1) is 12.2 Å². The summed E-state index contributed by atoms with van der Waals surface area (Å²) < 4.78 is 7.08. The van der Waals surface area contributed by atoms with Gasteiger partial charge in [-0.2, -0.15) is 10.1 Å². The normalized spacial score (nSPS) is 15.2. The van der Waals surface area contributed by atoms with E-state index in [1.165, 1.54) is 6.33 Å². The standard InChI is InChI=1S/C26H29N5O3/c1-5-34-25(33)23-19(4)30(15-22(32)27-14-20-10-6-17(2)7-11-20)26-28-16-29-31(26)24(23)21-12-8-18(3)9-13-21/h6-13,16,24H,5,14-15H2,1-4H3,(H,27,32)/t24-/m0/s1. The summed E-state index contributed by atoms with van der Waals surface area (Å²) in [6, 6.07) is 15.4. The van der Waals surface area contributed by atoms with E-state index in [4.69, 9.17) is 4.74 Å². The molecule has 2 heterocycles. The SMILES string of the molecule is CCOC(=O)C1=C(C)N(CC(=O)NCc2ccc(C)cc2)c2ncnn2[C@H]1c1ccc(C)cc1. The monoisotopic (exact) mass is 459 g/mol. The van der Waals surface area contributed by atoms with Crippen LogP contribution in [0.5, 0.6) is 0 Å². The van der Waals surface area contributed by atoms with Crippen molar-refractivity contribution in [2.24, 2.45) is 0 Å². The summed E-state index contributed by atoms with van der Waals surface area (Å²) in [6.07, 6.45) is 1.44. The molecule has 0 fully saturated rings. The molecular weight excluding hydrogens is 430 g/mol. The van der Waals surface area contributed by atoms with Gasteiger partial charge in [-0.05, 0) is 38.8 Å². The van der Waals surface area contributed by atoms with Crippen molar-refractivity contribution in [3.8, 4) is 0 Å². The zero-order valence-corrected chi connectivity index (χ0v) is 19.9. The molecule has 1 amide bonds. The van der Waals surface area contributed by atoms with E-state index in [2.05, 4.69) is 15.4 Å². The van der Waals surface area contributed by atoms with Crippen molar-refractivity contribution < 1.29 is 14.3 Å². The summed E-state index contributed by atoms with van der Waals surface area (Å²) in [5.74, 6) is -0.120. The van der Waals surface area contributed by atoms with Crippen molar-refractivity contribution in [1.82, 2.24) is 20.1 Å². The average molecular weight is 460 g/mol.